The predicted octanol–water partition coefficient (Wildman–Crippen LogP) is 3.04. The Kier molecular flexibility index (Phi) is 4.01. The van der Waals surface area contributed by atoms with Crippen molar-refractivity contribution in [3.05, 3.63) is 52.3 Å². The summed E-state index contributed by atoms with van der Waals surface area (Å²) in [5.74, 6) is 1.32. The molecule has 0 atom stereocenters. The summed E-state index contributed by atoms with van der Waals surface area (Å²) in [7, 11) is 0. The zero-order valence-corrected chi connectivity index (χ0v) is 11.8. The largest absolute Gasteiger partial charge is 0.456 e. The molecule has 3 N–H and O–H groups in total. The minimum absolute atomic E-state index is 0.0374. The Morgan fingerprint density at radius 1 is 1.32 bits per heavy atom. The summed E-state index contributed by atoms with van der Waals surface area (Å²) < 4.78 is 6.33. The molecule has 0 amide bonds. The zero-order chi connectivity index (χ0) is 13.8. The Labute approximate surface area is 118 Å². The van der Waals surface area contributed by atoms with Gasteiger partial charge in [-0.2, -0.15) is 0 Å². The highest BCUT2D eigenvalue weighted by Crippen LogP contribution is 2.26. The van der Waals surface area contributed by atoms with E-state index in [9.17, 15) is 0 Å². The van der Waals surface area contributed by atoms with Crippen LogP contribution in [0.2, 0.25) is 0 Å². The topological polar surface area (TPSA) is 80.7 Å². The maximum absolute atomic E-state index is 8.65. The number of hydrogen-bond donors (Lipinski definition) is 2. The molecule has 0 aliphatic heterocycles. The van der Waals surface area contributed by atoms with Gasteiger partial charge in [0, 0.05) is 15.7 Å². The van der Waals surface area contributed by atoms with Crippen LogP contribution in [0.15, 0.2) is 46.2 Å². The predicted molar refractivity (Wildman–Crippen MR) is 75.7 cm³/mol. The fraction of sp³-hybridized carbons (Fsp3) is 0.0769. The number of pyridine rings is 1. The van der Waals surface area contributed by atoms with Gasteiger partial charge in [0.25, 0.3) is 0 Å². The second-order valence-corrected chi connectivity index (χ2v) is 4.72. The Hall–Kier alpha value is -2.08. The summed E-state index contributed by atoms with van der Waals surface area (Å²) >= 11 is 3.35. The van der Waals surface area contributed by atoms with Crippen molar-refractivity contribution in [3.8, 4) is 11.5 Å². The number of benzene rings is 1. The number of halogens is 1. The normalized spacial score (nSPS) is 11.4. The summed E-state index contributed by atoms with van der Waals surface area (Å²) in [5.41, 5.74) is 7.05. The molecule has 0 unspecified atom stereocenters. The first-order valence-corrected chi connectivity index (χ1v) is 6.27. The minimum atomic E-state index is 0.0374. The summed E-state index contributed by atoms with van der Waals surface area (Å²) in [6.45, 7) is 1.91. The van der Waals surface area contributed by atoms with Crippen molar-refractivity contribution in [2.24, 2.45) is 10.9 Å². The second kappa shape index (κ2) is 5.71. The summed E-state index contributed by atoms with van der Waals surface area (Å²) in [4.78, 5) is 4.15. The average molecular weight is 322 g/mol. The van der Waals surface area contributed by atoms with Crippen molar-refractivity contribution in [1.29, 1.82) is 0 Å². The van der Waals surface area contributed by atoms with E-state index in [1.165, 1.54) is 0 Å². The van der Waals surface area contributed by atoms with Crippen LogP contribution in [0.5, 0.6) is 11.5 Å². The zero-order valence-electron chi connectivity index (χ0n) is 10.2. The van der Waals surface area contributed by atoms with Crippen LogP contribution in [0.1, 0.15) is 11.3 Å². The highest BCUT2D eigenvalue weighted by Gasteiger charge is 2.07. The molecule has 1 aromatic heterocycles. The third-order valence-electron chi connectivity index (χ3n) is 2.44. The van der Waals surface area contributed by atoms with Gasteiger partial charge in [-0.25, -0.2) is 0 Å². The first-order chi connectivity index (χ1) is 9.10. The Bertz CT molecular complexity index is 612. The maximum Gasteiger partial charge on any atom is 0.171 e. The van der Waals surface area contributed by atoms with Gasteiger partial charge in [0.05, 0.1) is 6.20 Å². The average Bonchev–Trinajstić information content (AvgIpc) is 2.41. The van der Waals surface area contributed by atoms with E-state index in [0.717, 1.165) is 5.69 Å². The molecule has 2 rings (SSSR count). The number of oxime groups is 1. The lowest BCUT2D eigenvalue weighted by Gasteiger charge is -2.08. The molecule has 0 fully saturated rings. The number of hydrogen-bond acceptors (Lipinski definition) is 4. The number of nitrogens with zero attached hydrogens (tertiary/aromatic N) is 2. The number of amidine groups is 1. The van der Waals surface area contributed by atoms with Crippen LogP contribution in [0.25, 0.3) is 0 Å². The van der Waals surface area contributed by atoms with Gasteiger partial charge in [-0.1, -0.05) is 5.16 Å². The SMILES string of the molecule is Cc1ccc(Oc2ccc(/C(N)=N/O)c(Br)c2)cn1. The van der Waals surface area contributed by atoms with Crippen molar-refractivity contribution >= 4 is 21.8 Å². The quantitative estimate of drug-likeness (QED) is 0.394. The lowest BCUT2D eigenvalue weighted by molar-refractivity contribution is 0.318. The van der Waals surface area contributed by atoms with Gasteiger partial charge in [0.15, 0.2) is 5.84 Å². The van der Waals surface area contributed by atoms with Gasteiger partial charge < -0.3 is 15.7 Å². The van der Waals surface area contributed by atoms with Crippen molar-refractivity contribution in [2.45, 2.75) is 6.92 Å². The van der Waals surface area contributed by atoms with Gasteiger partial charge in [-0.3, -0.25) is 4.98 Å². The molecule has 0 spiro atoms. The van der Waals surface area contributed by atoms with E-state index < -0.39 is 0 Å². The number of nitrogens with two attached hydrogens (primary N) is 1. The Balaban J connectivity index is 2.23. The smallest absolute Gasteiger partial charge is 0.171 e. The molecule has 0 saturated carbocycles. The van der Waals surface area contributed by atoms with Crippen molar-refractivity contribution in [2.75, 3.05) is 0 Å². The molecule has 1 aromatic carbocycles. The van der Waals surface area contributed by atoms with Crippen LogP contribution < -0.4 is 10.5 Å². The van der Waals surface area contributed by atoms with E-state index >= 15 is 0 Å². The van der Waals surface area contributed by atoms with Crippen molar-refractivity contribution < 1.29 is 9.94 Å². The monoisotopic (exact) mass is 321 g/mol. The Morgan fingerprint density at radius 2 is 2.05 bits per heavy atom. The number of rotatable bonds is 3. The van der Waals surface area contributed by atoms with E-state index in [0.29, 0.717) is 21.5 Å². The number of aromatic nitrogens is 1. The molecule has 6 heteroatoms. The van der Waals surface area contributed by atoms with E-state index in [2.05, 4.69) is 26.1 Å². The Morgan fingerprint density at radius 3 is 2.63 bits per heavy atom. The first kappa shape index (κ1) is 13.4. The van der Waals surface area contributed by atoms with Gasteiger partial charge >= 0.3 is 0 Å². The van der Waals surface area contributed by atoms with Crippen molar-refractivity contribution in [3.63, 3.8) is 0 Å². The first-order valence-electron chi connectivity index (χ1n) is 5.48. The van der Waals surface area contributed by atoms with Gasteiger partial charge in [-0.05, 0) is 53.2 Å². The maximum atomic E-state index is 8.65. The fourth-order valence-electron chi connectivity index (χ4n) is 1.47. The molecule has 0 aliphatic carbocycles. The molecule has 0 saturated heterocycles. The summed E-state index contributed by atoms with van der Waals surface area (Å²) in [6, 6.07) is 8.89. The van der Waals surface area contributed by atoms with Crippen LogP contribution in [0, 0.1) is 6.92 Å². The van der Waals surface area contributed by atoms with Crippen LogP contribution in [0.3, 0.4) is 0 Å². The molecule has 19 heavy (non-hydrogen) atoms. The number of ether oxygens (including phenoxy) is 1. The second-order valence-electron chi connectivity index (χ2n) is 3.86. The molecule has 98 valence electrons. The summed E-state index contributed by atoms with van der Waals surface area (Å²) in [5, 5.41) is 11.6. The molecule has 0 bridgehead atoms. The van der Waals surface area contributed by atoms with E-state index in [1.54, 1.807) is 24.4 Å². The van der Waals surface area contributed by atoms with Gasteiger partial charge in [-0.15, -0.1) is 0 Å². The molecule has 5 nitrogen and oxygen atoms in total. The van der Waals surface area contributed by atoms with Crippen LogP contribution in [-0.2, 0) is 0 Å². The highest BCUT2D eigenvalue weighted by atomic mass is 79.9. The lowest BCUT2D eigenvalue weighted by Crippen LogP contribution is -2.13. The van der Waals surface area contributed by atoms with Crippen molar-refractivity contribution in [1.82, 2.24) is 4.98 Å². The van der Waals surface area contributed by atoms with Gasteiger partial charge in [0.1, 0.15) is 11.5 Å². The molecular formula is C13H12BrN3O2. The minimum Gasteiger partial charge on any atom is -0.456 e. The third-order valence-corrected chi connectivity index (χ3v) is 3.10. The molecular weight excluding hydrogens is 310 g/mol. The lowest BCUT2D eigenvalue weighted by atomic mass is 10.2. The van der Waals surface area contributed by atoms with E-state index in [4.69, 9.17) is 15.7 Å². The molecule has 2 aromatic rings. The van der Waals surface area contributed by atoms with Crippen LogP contribution in [-0.4, -0.2) is 16.0 Å². The fourth-order valence-corrected chi connectivity index (χ4v) is 2.03. The summed E-state index contributed by atoms with van der Waals surface area (Å²) in [6.07, 6.45) is 1.65. The number of aryl methyl sites for hydroxylation is 1. The third kappa shape index (κ3) is 3.23. The standard InChI is InChI=1S/C13H12BrN3O2/c1-8-2-3-10(7-16-8)19-9-4-5-11(12(14)6-9)13(15)17-18/h2-7,18H,1H3,(H2,15,17). The van der Waals surface area contributed by atoms with Crippen LogP contribution in [0.4, 0.5) is 0 Å². The van der Waals surface area contributed by atoms with E-state index in [1.807, 2.05) is 19.1 Å². The molecule has 0 aliphatic rings. The molecule has 0 radical (unpaired) electrons. The van der Waals surface area contributed by atoms with Crippen LogP contribution >= 0.6 is 15.9 Å². The van der Waals surface area contributed by atoms with Gasteiger partial charge in [0.2, 0.25) is 0 Å². The molecule has 1 heterocycles. The highest BCUT2D eigenvalue weighted by molar-refractivity contribution is 9.10. The van der Waals surface area contributed by atoms with E-state index in [-0.39, 0.29) is 5.84 Å².